The predicted molar refractivity (Wildman–Crippen MR) is 64.5 cm³/mol. The third kappa shape index (κ3) is 2.39. The summed E-state index contributed by atoms with van der Waals surface area (Å²) in [5, 5.41) is 0.403. The molecule has 0 radical (unpaired) electrons. The fraction of sp³-hybridized carbons (Fsp3) is 0. The van der Waals surface area contributed by atoms with Gasteiger partial charge in [-0.15, -0.1) is 0 Å². The molecule has 2 aromatic carbocycles. The van der Waals surface area contributed by atoms with Crippen LogP contribution >= 0.6 is 27.5 Å². The summed E-state index contributed by atoms with van der Waals surface area (Å²) in [7, 11) is 0. The van der Waals surface area contributed by atoms with Crippen LogP contribution in [-0.4, -0.2) is 0 Å². The molecule has 0 saturated heterocycles. The van der Waals surface area contributed by atoms with Gasteiger partial charge in [0.1, 0.15) is 5.82 Å². The smallest absolute Gasteiger partial charge is 0.125 e. The number of benzene rings is 2. The summed E-state index contributed by atoms with van der Waals surface area (Å²) in [6.45, 7) is 0. The molecular formula is C12H7BrClF. The monoisotopic (exact) mass is 284 g/mol. The van der Waals surface area contributed by atoms with Crippen LogP contribution in [0.3, 0.4) is 0 Å². The summed E-state index contributed by atoms with van der Waals surface area (Å²) in [6, 6.07) is 12.1. The van der Waals surface area contributed by atoms with Crippen LogP contribution in [0.4, 0.5) is 4.39 Å². The maximum Gasteiger partial charge on any atom is 0.125 e. The van der Waals surface area contributed by atoms with Crippen LogP contribution in [0.5, 0.6) is 0 Å². The first-order chi connectivity index (χ1) is 7.16. The van der Waals surface area contributed by atoms with Crippen molar-refractivity contribution in [3.05, 3.63) is 57.8 Å². The van der Waals surface area contributed by atoms with Crippen molar-refractivity contribution in [1.29, 1.82) is 0 Å². The number of hydrogen-bond donors (Lipinski definition) is 0. The van der Waals surface area contributed by atoms with Crippen molar-refractivity contribution in [2.24, 2.45) is 0 Å². The zero-order chi connectivity index (χ0) is 10.8. The van der Waals surface area contributed by atoms with Gasteiger partial charge in [0, 0.05) is 9.50 Å². The fourth-order valence-electron chi connectivity index (χ4n) is 1.40. The zero-order valence-corrected chi connectivity index (χ0v) is 10.0. The fourth-order valence-corrected chi connectivity index (χ4v) is 2.14. The van der Waals surface area contributed by atoms with Crippen molar-refractivity contribution >= 4 is 27.5 Å². The molecule has 0 spiro atoms. The maximum absolute atomic E-state index is 13.1. The summed E-state index contributed by atoms with van der Waals surface area (Å²) in [6.07, 6.45) is 0. The van der Waals surface area contributed by atoms with Crippen LogP contribution < -0.4 is 0 Å². The topological polar surface area (TPSA) is 0 Å². The first-order valence-electron chi connectivity index (χ1n) is 4.38. The van der Waals surface area contributed by atoms with Crippen molar-refractivity contribution in [1.82, 2.24) is 0 Å². The normalized spacial score (nSPS) is 10.3. The Hall–Kier alpha value is -0.860. The largest absolute Gasteiger partial charge is 0.207 e. The lowest BCUT2D eigenvalue weighted by atomic mass is 10.1. The van der Waals surface area contributed by atoms with Crippen molar-refractivity contribution in [3.8, 4) is 11.1 Å². The molecule has 76 valence electrons. The van der Waals surface area contributed by atoms with E-state index in [0.717, 1.165) is 15.6 Å². The van der Waals surface area contributed by atoms with Gasteiger partial charge in [-0.2, -0.15) is 0 Å². The van der Waals surface area contributed by atoms with E-state index in [-0.39, 0.29) is 5.82 Å². The molecule has 0 N–H and O–H groups in total. The van der Waals surface area contributed by atoms with Gasteiger partial charge in [0.15, 0.2) is 0 Å². The first-order valence-corrected chi connectivity index (χ1v) is 5.55. The molecule has 3 heteroatoms. The van der Waals surface area contributed by atoms with E-state index in [2.05, 4.69) is 15.9 Å². The molecule has 0 nitrogen and oxygen atoms in total. The highest BCUT2D eigenvalue weighted by Gasteiger charge is 2.04. The van der Waals surface area contributed by atoms with Crippen molar-refractivity contribution in [2.75, 3.05) is 0 Å². The molecule has 2 aromatic rings. The summed E-state index contributed by atoms with van der Waals surface area (Å²) in [5.41, 5.74) is 1.70. The number of halogens is 3. The maximum atomic E-state index is 13.1. The lowest BCUT2D eigenvalue weighted by molar-refractivity contribution is 0.628. The zero-order valence-electron chi connectivity index (χ0n) is 7.68. The molecular weight excluding hydrogens is 278 g/mol. The molecule has 0 aliphatic heterocycles. The van der Waals surface area contributed by atoms with Crippen molar-refractivity contribution < 1.29 is 4.39 Å². The second kappa shape index (κ2) is 4.33. The van der Waals surface area contributed by atoms with Crippen LogP contribution in [0.25, 0.3) is 11.1 Å². The van der Waals surface area contributed by atoms with Crippen molar-refractivity contribution in [2.45, 2.75) is 0 Å². The van der Waals surface area contributed by atoms with Gasteiger partial charge in [-0.1, -0.05) is 45.7 Å². The Morgan fingerprint density at radius 3 is 2.47 bits per heavy atom. The van der Waals surface area contributed by atoms with Crippen molar-refractivity contribution in [3.63, 3.8) is 0 Å². The molecule has 0 bridgehead atoms. The molecule has 0 saturated carbocycles. The molecule has 0 atom stereocenters. The molecule has 0 aliphatic rings. The molecule has 0 aliphatic carbocycles. The van der Waals surface area contributed by atoms with Gasteiger partial charge in [0.25, 0.3) is 0 Å². The van der Waals surface area contributed by atoms with E-state index >= 15 is 0 Å². The van der Waals surface area contributed by atoms with Crippen LogP contribution in [0.15, 0.2) is 46.9 Å². The minimum absolute atomic E-state index is 0.326. The number of rotatable bonds is 1. The molecule has 0 aromatic heterocycles. The minimum Gasteiger partial charge on any atom is -0.207 e. The predicted octanol–water partition coefficient (Wildman–Crippen LogP) is 4.91. The van der Waals surface area contributed by atoms with Gasteiger partial charge in [0.05, 0.1) is 0 Å². The van der Waals surface area contributed by atoms with Gasteiger partial charge >= 0.3 is 0 Å². The summed E-state index contributed by atoms with van der Waals surface area (Å²) >= 11 is 9.21. The van der Waals surface area contributed by atoms with Gasteiger partial charge in [-0.25, -0.2) is 4.39 Å². The quantitative estimate of drug-likeness (QED) is 0.698. The Morgan fingerprint density at radius 1 is 1.07 bits per heavy atom. The third-order valence-electron chi connectivity index (χ3n) is 2.05. The molecule has 2 rings (SSSR count). The second-order valence-electron chi connectivity index (χ2n) is 3.14. The van der Waals surface area contributed by atoms with Gasteiger partial charge in [-0.3, -0.25) is 0 Å². The standard InChI is InChI=1S/C12H7BrClF/c13-12-4-2-1-3-11(12)8-5-9(14)7-10(15)6-8/h1-7H. The lowest BCUT2D eigenvalue weighted by Crippen LogP contribution is -1.82. The summed E-state index contributed by atoms with van der Waals surface area (Å²) < 4.78 is 14.1. The molecule has 15 heavy (non-hydrogen) atoms. The highest BCUT2D eigenvalue weighted by Crippen LogP contribution is 2.30. The first kappa shape index (κ1) is 10.7. The van der Waals surface area contributed by atoms with E-state index in [1.807, 2.05) is 24.3 Å². The Labute approximate surface area is 101 Å². The lowest BCUT2D eigenvalue weighted by Gasteiger charge is -2.05. The highest BCUT2D eigenvalue weighted by molar-refractivity contribution is 9.10. The van der Waals surface area contributed by atoms with E-state index in [9.17, 15) is 4.39 Å². The average Bonchev–Trinajstić information content (AvgIpc) is 2.16. The SMILES string of the molecule is Fc1cc(Cl)cc(-c2ccccc2Br)c1. The Bertz CT molecular complexity index is 476. The Morgan fingerprint density at radius 2 is 1.80 bits per heavy atom. The van der Waals surface area contributed by atoms with E-state index in [1.54, 1.807) is 6.07 Å². The summed E-state index contributed by atoms with van der Waals surface area (Å²) in [4.78, 5) is 0. The molecule has 0 unspecified atom stereocenters. The van der Waals surface area contributed by atoms with Gasteiger partial charge < -0.3 is 0 Å². The molecule has 0 amide bonds. The van der Waals surface area contributed by atoms with Crippen LogP contribution in [0.2, 0.25) is 5.02 Å². The number of hydrogen-bond acceptors (Lipinski definition) is 0. The molecule has 0 fully saturated rings. The average molecular weight is 286 g/mol. The third-order valence-corrected chi connectivity index (χ3v) is 2.96. The van der Waals surface area contributed by atoms with Gasteiger partial charge in [-0.05, 0) is 35.4 Å². The van der Waals surface area contributed by atoms with Crippen LogP contribution in [0.1, 0.15) is 0 Å². The van der Waals surface area contributed by atoms with Crippen LogP contribution in [-0.2, 0) is 0 Å². The summed E-state index contributed by atoms with van der Waals surface area (Å²) in [5.74, 6) is -0.326. The Kier molecular flexibility index (Phi) is 3.08. The minimum atomic E-state index is -0.326. The Balaban J connectivity index is 2.59. The highest BCUT2D eigenvalue weighted by atomic mass is 79.9. The van der Waals surface area contributed by atoms with E-state index < -0.39 is 0 Å². The molecule has 0 heterocycles. The van der Waals surface area contributed by atoms with Gasteiger partial charge in [0.2, 0.25) is 0 Å². The van der Waals surface area contributed by atoms with E-state index in [4.69, 9.17) is 11.6 Å². The van der Waals surface area contributed by atoms with Crippen LogP contribution in [0, 0.1) is 5.82 Å². The second-order valence-corrected chi connectivity index (χ2v) is 4.43. The van der Waals surface area contributed by atoms with E-state index in [1.165, 1.54) is 12.1 Å². The van der Waals surface area contributed by atoms with E-state index in [0.29, 0.717) is 5.02 Å².